The second-order valence-corrected chi connectivity index (χ2v) is 4.48. The van der Waals surface area contributed by atoms with Gasteiger partial charge in [-0.05, 0) is 18.6 Å². The number of amides is 1. The Kier molecular flexibility index (Phi) is 4.73. The molecule has 96 valence electrons. The molecule has 0 aliphatic rings. The lowest BCUT2D eigenvalue weighted by molar-refractivity contribution is -0.123. The van der Waals surface area contributed by atoms with Crippen molar-refractivity contribution in [2.75, 3.05) is 25.5 Å². The van der Waals surface area contributed by atoms with Gasteiger partial charge in [0.2, 0.25) is 5.91 Å². The summed E-state index contributed by atoms with van der Waals surface area (Å²) in [6.07, 6.45) is 0. The highest BCUT2D eigenvalue weighted by Crippen LogP contribution is 2.24. The molecule has 1 amide bonds. The van der Waals surface area contributed by atoms with Crippen LogP contribution >= 0.6 is 0 Å². The van der Waals surface area contributed by atoms with E-state index < -0.39 is 0 Å². The molecule has 1 atom stereocenters. The van der Waals surface area contributed by atoms with Crippen molar-refractivity contribution >= 4 is 11.6 Å². The zero-order chi connectivity index (χ0) is 13.7. The number of nitrogens with zero attached hydrogens (tertiary/aromatic N) is 2. The Morgan fingerprint density at radius 2 is 2.22 bits per heavy atom. The Morgan fingerprint density at radius 1 is 1.56 bits per heavy atom. The molecular formula is C14H19N3O. The summed E-state index contributed by atoms with van der Waals surface area (Å²) >= 11 is 0. The molecule has 0 fully saturated rings. The molecule has 4 nitrogen and oxygen atoms in total. The van der Waals surface area contributed by atoms with Crippen molar-refractivity contribution in [3.63, 3.8) is 0 Å². The Hall–Kier alpha value is -2.02. The predicted molar refractivity (Wildman–Crippen MR) is 72.4 cm³/mol. The minimum Gasteiger partial charge on any atom is -0.373 e. The molecule has 0 heterocycles. The van der Waals surface area contributed by atoms with Crippen LogP contribution in [0.4, 0.5) is 5.69 Å². The Balaban J connectivity index is 2.95. The number of anilines is 1. The van der Waals surface area contributed by atoms with Gasteiger partial charge in [-0.2, -0.15) is 5.26 Å². The minimum atomic E-state index is -0.119. The molecule has 1 aromatic carbocycles. The summed E-state index contributed by atoms with van der Waals surface area (Å²) < 4.78 is 0. The van der Waals surface area contributed by atoms with Crippen LogP contribution in [0.3, 0.4) is 0 Å². The number of nitrogens with one attached hydrogen (secondary N) is 1. The van der Waals surface area contributed by atoms with Gasteiger partial charge in [-0.1, -0.05) is 19.1 Å². The summed E-state index contributed by atoms with van der Waals surface area (Å²) in [7, 11) is 3.54. The molecule has 0 saturated carbocycles. The first-order valence-corrected chi connectivity index (χ1v) is 5.93. The third-order valence-corrected chi connectivity index (χ3v) is 2.98. The van der Waals surface area contributed by atoms with Crippen LogP contribution in [0.25, 0.3) is 0 Å². The first-order valence-electron chi connectivity index (χ1n) is 5.93. The van der Waals surface area contributed by atoms with Gasteiger partial charge in [-0.25, -0.2) is 0 Å². The summed E-state index contributed by atoms with van der Waals surface area (Å²) in [5.74, 6) is -0.111. The van der Waals surface area contributed by atoms with Gasteiger partial charge in [-0.3, -0.25) is 4.79 Å². The van der Waals surface area contributed by atoms with Gasteiger partial charge in [-0.15, -0.1) is 0 Å². The van der Waals surface area contributed by atoms with Crippen molar-refractivity contribution in [1.82, 2.24) is 5.32 Å². The fraction of sp³-hybridized carbons (Fsp3) is 0.429. The SMILES string of the molecule is CNC(=O)C(C)CN(C)c1c(C)cccc1C#N. The molecule has 1 rings (SSSR count). The number of benzene rings is 1. The van der Waals surface area contributed by atoms with Crippen molar-refractivity contribution < 1.29 is 4.79 Å². The summed E-state index contributed by atoms with van der Waals surface area (Å²) in [5.41, 5.74) is 2.58. The Labute approximate surface area is 108 Å². The average molecular weight is 245 g/mol. The number of para-hydroxylation sites is 1. The molecule has 1 N–H and O–H groups in total. The monoisotopic (exact) mass is 245 g/mol. The molecular weight excluding hydrogens is 226 g/mol. The summed E-state index contributed by atoms with van der Waals surface area (Å²) in [6, 6.07) is 7.82. The first kappa shape index (κ1) is 14.0. The van der Waals surface area contributed by atoms with E-state index in [0.717, 1.165) is 11.3 Å². The van der Waals surface area contributed by atoms with Gasteiger partial charge >= 0.3 is 0 Å². The Bertz CT molecular complexity index is 476. The van der Waals surface area contributed by atoms with E-state index in [0.29, 0.717) is 12.1 Å². The average Bonchev–Trinajstić information content (AvgIpc) is 2.36. The van der Waals surface area contributed by atoms with Crippen LogP contribution in [0.1, 0.15) is 18.1 Å². The number of aryl methyl sites for hydroxylation is 1. The maximum absolute atomic E-state index is 11.5. The van der Waals surface area contributed by atoms with Crippen LogP contribution in [0.15, 0.2) is 18.2 Å². The van der Waals surface area contributed by atoms with E-state index in [2.05, 4.69) is 11.4 Å². The highest BCUT2D eigenvalue weighted by molar-refractivity contribution is 5.78. The fourth-order valence-corrected chi connectivity index (χ4v) is 2.09. The van der Waals surface area contributed by atoms with Gasteiger partial charge < -0.3 is 10.2 Å². The molecule has 0 spiro atoms. The van der Waals surface area contributed by atoms with Crippen LogP contribution in [0.2, 0.25) is 0 Å². The van der Waals surface area contributed by atoms with Crippen molar-refractivity contribution in [1.29, 1.82) is 5.26 Å². The van der Waals surface area contributed by atoms with Crippen molar-refractivity contribution in [3.05, 3.63) is 29.3 Å². The topological polar surface area (TPSA) is 56.1 Å². The highest BCUT2D eigenvalue weighted by Gasteiger charge is 2.17. The summed E-state index contributed by atoms with van der Waals surface area (Å²) in [5, 5.41) is 11.8. The molecule has 0 radical (unpaired) electrons. The van der Waals surface area contributed by atoms with E-state index in [4.69, 9.17) is 5.26 Å². The molecule has 0 aliphatic heterocycles. The normalized spacial score (nSPS) is 11.5. The zero-order valence-corrected chi connectivity index (χ0v) is 11.3. The standard InChI is InChI=1S/C14H19N3O/c1-10-6-5-7-12(8-15)13(10)17(4)9-11(2)14(18)16-3/h5-7,11H,9H2,1-4H3,(H,16,18). The highest BCUT2D eigenvalue weighted by atomic mass is 16.1. The number of carbonyl (C=O) groups excluding carboxylic acids is 1. The van der Waals surface area contributed by atoms with Gasteiger partial charge in [0.05, 0.1) is 17.2 Å². The van der Waals surface area contributed by atoms with Crippen LogP contribution in [0, 0.1) is 24.2 Å². The molecule has 0 aromatic heterocycles. The molecule has 18 heavy (non-hydrogen) atoms. The van der Waals surface area contributed by atoms with Crippen molar-refractivity contribution in [2.24, 2.45) is 5.92 Å². The van der Waals surface area contributed by atoms with Crippen LogP contribution in [-0.2, 0) is 4.79 Å². The van der Waals surface area contributed by atoms with E-state index in [-0.39, 0.29) is 11.8 Å². The quantitative estimate of drug-likeness (QED) is 0.878. The van der Waals surface area contributed by atoms with Gasteiger partial charge in [0, 0.05) is 20.6 Å². The number of nitriles is 1. The number of rotatable bonds is 4. The summed E-state index contributed by atoms with van der Waals surface area (Å²) in [4.78, 5) is 13.5. The van der Waals surface area contributed by atoms with Gasteiger partial charge in [0.25, 0.3) is 0 Å². The largest absolute Gasteiger partial charge is 0.373 e. The molecule has 0 aliphatic carbocycles. The molecule has 1 unspecified atom stereocenters. The number of hydrogen-bond acceptors (Lipinski definition) is 3. The van der Waals surface area contributed by atoms with Gasteiger partial charge in [0.1, 0.15) is 6.07 Å². The maximum atomic E-state index is 11.5. The van der Waals surface area contributed by atoms with E-state index in [1.165, 1.54) is 0 Å². The summed E-state index contributed by atoms with van der Waals surface area (Å²) in [6.45, 7) is 4.43. The molecule has 1 aromatic rings. The van der Waals surface area contributed by atoms with Crippen LogP contribution in [0.5, 0.6) is 0 Å². The second-order valence-electron chi connectivity index (χ2n) is 4.48. The van der Waals surface area contributed by atoms with Gasteiger partial charge in [0.15, 0.2) is 0 Å². The van der Waals surface area contributed by atoms with E-state index in [1.807, 2.05) is 37.9 Å². The van der Waals surface area contributed by atoms with Crippen molar-refractivity contribution in [3.8, 4) is 6.07 Å². The zero-order valence-electron chi connectivity index (χ0n) is 11.3. The molecule has 0 saturated heterocycles. The maximum Gasteiger partial charge on any atom is 0.224 e. The third kappa shape index (κ3) is 3.01. The smallest absolute Gasteiger partial charge is 0.224 e. The number of hydrogen-bond donors (Lipinski definition) is 1. The molecule has 4 heteroatoms. The predicted octanol–water partition coefficient (Wildman–Crippen LogP) is 1.69. The van der Waals surface area contributed by atoms with E-state index in [1.54, 1.807) is 13.1 Å². The van der Waals surface area contributed by atoms with E-state index >= 15 is 0 Å². The Morgan fingerprint density at radius 3 is 2.78 bits per heavy atom. The minimum absolute atomic E-state index is 0.00828. The third-order valence-electron chi connectivity index (χ3n) is 2.98. The lowest BCUT2D eigenvalue weighted by atomic mass is 10.1. The second kappa shape index (κ2) is 6.06. The lowest BCUT2D eigenvalue weighted by Crippen LogP contribution is -2.34. The van der Waals surface area contributed by atoms with Crippen LogP contribution < -0.4 is 10.2 Å². The first-order chi connectivity index (χ1) is 8.51. The number of carbonyl (C=O) groups is 1. The molecule has 0 bridgehead atoms. The van der Waals surface area contributed by atoms with E-state index in [9.17, 15) is 4.79 Å². The lowest BCUT2D eigenvalue weighted by Gasteiger charge is -2.25. The fourth-order valence-electron chi connectivity index (χ4n) is 2.09. The van der Waals surface area contributed by atoms with Crippen LogP contribution in [-0.4, -0.2) is 26.5 Å². The van der Waals surface area contributed by atoms with Crippen molar-refractivity contribution in [2.45, 2.75) is 13.8 Å².